The van der Waals surface area contributed by atoms with Crippen LogP contribution < -0.4 is 0 Å². The lowest BCUT2D eigenvalue weighted by Crippen LogP contribution is -2.32. The number of isocyanates is 1. The Morgan fingerprint density at radius 2 is 2.05 bits per heavy atom. The number of nitrogens with zero attached hydrogens (tertiary/aromatic N) is 1. The van der Waals surface area contributed by atoms with Crippen molar-refractivity contribution in [3.05, 3.63) is 22.2 Å². The second-order valence-corrected chi connectivity index (χ2v) is 8.50. The maximum atomic E-state index is 12.0. The zero-order chi connectivity index (χ0) is 15.0. The average Bonchev–Trinajstić information content (AvgIpc) is 2.31. The van der Waals surface area contributed by atoms with Crippen molar-refractivity contribution in [3.8, 4) is 0 Å². The van der Waals surface area contributed by atoms with Gasteiger partial charge in [0.25, 0.3) is 0 Å². The highest BCUT2D eigenvalue weighted by Gasteiger charge is 2.40. The first-order chi connectivity index (χ1) is 9.34. The molecule has 1 aliphatic rings. The molecule has 4 nitrogen and oxygen atoms in total. The number of sulfone groups is 1. The summed E-state index contributed by atoms with van der Waals surface area (Å²) in [6, 6.07) is 3.51. The molecule has 1 aromatic carbocycles. The minimum Gasteiger partial charge on any atom is -0.224 e. The third-order valence-corrected chi connectivity index (χ3v) is 6.58. The number of benzene rings is 1. The zero-order valence-electron chi connectivity index (χ0n) is 11.1. The largest absolute Gasteiger partial charge is 0.235 e. The van der Waals surface area contributed by atoms with Gasteiger partial charge < -0.3 is 0 Å². The van der Waals surface area contributed by atoms with Gasteiger partial charge in [-0.2, -0.15) is 4.99 Å². The summed E-state index contributed by atoms with van der Waals surface area (Å²) < 4.78 is 24.7. The second kappa shape index (κ2) is 5.64. The predicted octanol–water partition coefficient (Wildman–Crippen LogP) is 3.29. The molecule has 0 bridgehead atoms. The van der Waals surface area contributed by atoms with Gasteiger partial charge >= 0.3 is 0 Å². The van der Waals surface area contributed by atoms with E-state index in [0.717, 1.165) is 29.3 Å². The third-order valence-electron chi connectivity index (χ3n) is 3.59. The molecule has 0 unspecified atom stereocenters. The summed E-state index contributed by atoms with van der Waals surface area (Å²) >= 11 is 4.80. The van der Waals surface area contributed by atoms with E-state index < -0.39 is 15.4 Å². The average molecular weight is 376 g/mol. The fourth-order valence-corrected chi connectivity index (χ4v) is 5.46. The van der Waals surface area contributed by atoms with Gasteiger partial charge in [-0.1, -0.05) is 0 Å². The Bertz CT molecular complexity index is 690. The molecule has 1 fully saturated rings. The number of halogens is 1. The lowest BCUT2D eigenvalue weighted by atomic mass is 9.72. The number of aliphatic imine (C=N–C) groups is 1. The summed E-state index contributed by atoms with van der Waals surface area (Å²) in [6.45, 7) is 0. The summed E-state index contributed by atoms with van der Waals surface area (Å²) in [4.78, 5) is 15.5. The van der Waals surface area contributed by atoms with Gasteiger partial charge in [-0.25, -0.2) is 13.2 Å². The molecule has 0 heterocycles. The van der Waals surface area contributed by atoms with E-state index in [0.29, 0.717) is 4.90 Å². The van der Waals surface area contributed by atoms with Crippen molar-refractivity contribution >= 4 is 43.6 Å². The Kier molecular flexibility index (Phi) is 4.44. The molecule has 20 heavy (non-hydrogen) atoms. The molecule has 0 atom stereocenters. The van der Waals surface area contributed by atoms with Crippen LogP contribution in [0.4, 0.5) is 0 Å². The molecule has 0 aromatic heterocycles. The van der Waals surface area contributed by atoms with Crippen molar-refractivity contribution < 1.29 is 13.2 Å². The number of carbonyl (C=O) groups excluding carboxylic acids is 1. The van der Waals surface area contributed by atoms with E-state index in [1.165, 1.54) is 18.0 Å². The molecule has 0 spiro atoms. The molecule has 108 valence electrons. The van der Waals surface area contributed by atoms with E-state index in [1.807, 2.05) is 12.3 Å². The Labute approximate surface area is 131 Å². The summed E-state index contributed by atoms with van der Waals surface area (Å²) in [5.74, 6) is 0. The molecule has 1 saturated carbocycles. The summed E-state index contributed by atoms with van der Waals surface area (Å²) in [5.41, 5.74) is 0.165. The van der Waals surface area contributed by atoms with Crippen LogP contribution >= 0.6 is 27.7 Å². The monoisotopic (exact) mass is 375 g/mol. The van der Waals surface area contributed by atoms with Crippen LogP contribution in [-0.4, -0.2) is 27.0 Å². The van der Waals surface area contributed by atoms with Gasteiger partial charge in [0.1, 0.15) is 0 Å². The van der Waals surface area contributed by atoms with Gasteiger partial charge in [0.2, 0.25) is 6.08 Å². The molecule has 0 amide bonds. The van der Waals surface area contributed by atoms with Gasteiger partial charge in [-0.3, -0.25) is 0 Å². The highest BCUT2D eigenvalue weighted by atomic mass is 79.9. The first kappa shape index (κ1) is 15.8. The molecule has 7 heteroatoms. The van der Waals surface area contributed by atoms with E-state index in [2.05, 4.69) is 20.9 Å². The number of hydrogen-bond donors (Lipinski definition) is 0. The number of thioether (sulfide) groups is 1. The molecule has 0 radical (unpaired) electrons. The first-order valence-electron chi connectivity index (χ1n) is 6.01. The van der Waals surface area contributed by atoms with Crippen molar-refractivity contribution in [2.24, 2.45) is 4.99 Å². The molecule has 0 aliphatic heterocycles. The standard InChI is InChI=1S/C13H14BrNO3S2/c1-19-12-10(14)6-9(7-11(12)20(2,17)18)13(15-8-16)4-3-5-13/h6-7H,3-5H2,1-2H3. The highest BCUT2D eigenvalue weighted by molar-refractivity contribution is 9.10. The van der Waals surface area contributed by atoms with Crippen LogP contribution in [0, 0.1) is 0 Å². The summed E-state index contributed by atoms with van der Waals surface area (Å²) in [5, 5.41) is 0. The Balaban J connectivity index is 2.69. The Morgan fingerprint density at radius 3 is 2.45 bits per heavy atom. The van der Waals surface area contributed by atoms with Gasteiger partial charge in [0.05, 0.1) is 10.4 Å². The molecule has 2 rings (SSSR count). The zero-order valence-corrected chi connectivity index (χ0v) is 14.4. The predicted molar refractivity (Wildman–Crippen MR) is 82.7 cm³/mol. The summed E-state index contributed by atoms with van der Waals surface area (Å²) in [6.07, 6.45) is 7.11. The maximum absolute atomic E-state index is 12.0. The minimum atomic E-state index is -3.34. The Morgan fingerprint density at radius 1 is 1.40 bits per heavy atom. The minimum absolute atomic E-state index is 0.279. The van der Waals surface area contributed by atoms with Crippen molar-refractivity contribution in [2.75, 3.05) is 12.5 Å². The van der Waals surface area contributed by atoms with Gasteiger partial charge in [0.15, 0.2) is 9.84 Å². The van der Waals surface area contributed by atoms with Crippen molar-refractivity contribution in [1.82, 2.24) is 0 Å². The van der Waals surface area contributed by atoms with Crippen LogP contribution in [0.2, 0.25) is 0 Å². The number of rotatable bonds is 4. The van der Waals surface area contributed by atoms with E-state index >= 15 is 0 Å². The molecule has 1 aromatic rings. The van der Waals surface area contributed by atoms with E-state index in [1.54, 1.807) is 12.1 Å². The van der Waals surface area contributed by atoms with Crippen LogP contribution in [0.1, 0.15) is 24.8 Å². The van der Waals surface area contributed by atoms with Gasteiger partial charge in [-0.15, -0.1) is 11.8 Å². The van der Waals surface area contributed by atoms with Crippen LogP contribution in [-0.2, 0) is 20.2 Å². The first-order valence-corrected chi connectivity index (χ1v) is 9.92. The fourth-order valence-electron chi connectivity index (χ4n) is 2.37. The van der Waals surface area contributed by atoms with Crippen LogP contribution in [0.3, 0.4) is 0 Å². The van der Waals surface area contributed by atoms with E-state index in [-0.39, 0.29) is 4.90 Å². The Hall–Kier alpha value is -0.620. The van der Waals surface area contributed by atoms with Crippen molar-refractivity contribution in [1.29, 1.82) is 0 Å². The third kappa shape index (κ3) is 2.72. The molecular weight excluding hydrogens is 362 g/mol. The summed E-state index contributed by atoms with van der Waals surface area (Å²) in [7, 11) is -3.34. The second-order valence-electron chi connectivity index (χ2n) is 4.85. The molecule has 0 saturated heterocycles. The fraction of sp³-hybridized carbons (Fsp3) is 0.462. The molecular formula is C13H14BrNO3S2. The van der Waals surface area contributed by atoms with Crippen LogP contribution in [0.15, 0.2) is 31.4 Å². The van der Waals surface area contributed by atoms with Crippen LogP contribution in [0.5, 0.6) is 0 Å². The highest BCUT2D eigenvalue weighted by Crippen LogP contribution is 2.47. The van der Waals surface area contributed by atoms with E-state index in [4.69, 9.17) is 0 Å². The quantitative estimate of drug-likeness (QED) is 0.460. The maximum Gasteiger partial charge on any atom is 0.235 e. The number of hydrogen-bond acceptors (Lipinski definition) is 5. The SMILES string of the molecule is CSc1c(Br)cc(C2(N=C=O)CCC2)cc1S(C)(=O)=O. The van der Waals surface area contributed by atoms with Gasteiger partial charge in [0, 0.05) is 15.6 Å². The van der Waals surface area contributed by atoms with Crippen molar-refractivity contribution in [3.63, 3.8) is 0 Å². The normalized spacial score (nSPS) is 17.1. The lowest BCUT2D eigenvalue weighted by Gasteiger charge is -2.37. The van der Waals surface area contributed by atoms with Crippen molar-refractivity contribution in [2.45, 2.75) is 34.6 Å². The lowest BCUT2D eigenvalue weighted by molar-refractivity contribution is 0.255. The molecule has 0 N–H and O–H groups in total. The van der Waals surface area contributed by atoms with Gasteiger partial charge in [-0.05, 0) is 59.1 Å². The smallest absolute Gasteiger partial charge is 0.224 e. The van der Waals surface area contributed by atoms with E-state index in [9.17, 15) is 13.2 Å². The topological polar surface area (TPSA) is 63.6 Å². The van der Waals surface area contributed by atoms with Crippen LogP contribution in [0.25, 0.3) is 0 Å². The molecule has 1 aliphatic carbocycles.